The number of amides is 1. The number of carbonyl (C=O) groups is 1. The first-order chi connectivity index (χ1) is 14.9. The molecular formula is C21H16F2N4O3S. The fourth-order valence-electron chi connectivity index (χ4n) is 3.14. The number of fused-ring (bicyclic) bond motifs is 1. The SMILES string of the molecule is Cc1nn(CC(=O)Nc2nc(-c3ccccc3OC(F)F)cs2)c(=O)c2ccccc12. The van der Waals surface area contributed by atoms with Crippen molar-refractivity contribution < 1.29 is 18.3 Å². The lowest BCUT2D eigenvalue weighted by molar-refractivity contribution is -0.117. The summed E-state index contributed by atoms with van der Waals surface area (Å²) in [6.45, 7) is -1.48. The van der Waals surface area contributed by atoms with E-state index in [0.717, 1.165) is 21.4 Å². The van der Waals surface area contributed by atoms with E-state index in [4.69, 9.17) is 0 Å². The Morgan fingerprint density at radius 3 is 2.65 bits per heavy atom. The van der Waals surface area contributed by atoms with Crippen molar-refractivity contribution >= 4 is 33.1 Å². The molecule has 2 aromatic carbocycles. The van der Waals surface area contributed by atoms with Crippen LogP contribution in [0.25, 0.3) is 22.0 Å². The van der Waals surface area contributed by atoms with E-state index in [-0.39, 0.29) is 23.0 Å². The maximum absolute atomic E-state index is 12.6. The lowest BCUT2D eigenvalue weighted by Crippen LogP contribution is -2.30. The number of carbonyl (C=O) groups excluding carboxylic acids is 1. The number of hydrogen-bond donors (Lipinski definition) is 1. The topological polar surface area (TPSA) is 86.1 Å². The van der Waals surface area contributed by atoms with Gasteiger partial charge in [0.05, 0.1) is 16.8 Å². The summed E-state index contributed by atoms with van der Waals surface area (Å²) in [6.07, 6.45) is 0. The van der Waals surface area contributed by atoms with E-state index in [1.807, 2.05) is 6.07 Å². The molecule has 2 heterocycles. The van der Waals surface area contributed by atoms with Crippen LogP contribution in [0.5, 0.6) is 5.75 Å². The molecule has 0 saturated heterocycles. The molecule has 0 fully saturated rings. The highest BCUT2D eigenvalue weighted by Gasteiger charge is 2.15. The second-order valence-corrected chi connectivity index (χ2v) is 7.41. The van der Waals surface area contributed by atoms with E-state index in [0.29, 0.717) is 22.3 Å². The number of nitrogens with zero attached hydrogens (tertiary/aromatic N) is 3. The van der Waals surface area contributed by atoms with Crippen molar-refractivity contribution in [2.75, 3.05) is 5.32 Å². The summed E-state index contributed by atoms with van der Waals surface area (Å²) in [5, 5.41) is 9.93. The largest absolute Gasteiger partial charge is 0.434 e. The predicted molar refractivity (Wildman–Crippen MR) is 114 cm³/mol. The highest BCUT2D eigenvalue weighted by Crippen LogP contribution is 2.33. The molecule has 31 heavy (non-hydrogen) atoms. The lowest BCUT2D eigenvalue weighted by atomic mass is 10.1. The van der Waals surface area contributed by atoms with Gasteiger partial charge in [0.15, 0.2) is 5.13 Å². The van der Waals surface area contributed by atoms with Crippen LogP contribution in [0.4, 0.5) is 13.9 Å². The van der Waals surface area contributed by atoms with Gasteiger partial charge < -0.3 is 10.1 Å². The van der Waals surface area contributed by atoms with Crippen LogP contribution in [0.2, 0.25) is 0 Å². The van der Waals surface area contributed by atoms with Crippen molar-refractivity contribution in [2.24, 2.45) is 0 Å². The first-order valence-corrected chi connectivity index (χ1v) is 10.1. The van der Waals surface area contributed by atoms with Crippen LogP contribution in [-0.2, 0) is 11.3 Å². The van der Waals surface area contributed by atoms with Gasteiger partial charge in [-0.25, -0.2) is 9.67 Å². The minimum absolute atomic E-state index is 0.0110. The van der Waals surface area contributed by atoms with Crippen molar-refractivity contribution in [2.45, 2.75) is 20.1 Å². The molecule has 0 spiro atoms. The quantitative estimate of drug-likeness (QED) is 0.487. The Morgan fingerprint density at radius 1 is 1.16 bits per heavy atom. The number of aromatic nitrogens is 3. The number of benzene rings is 2. The third-order valence-electron chi connectivity index (χ3n) is 4.48. The second kappa shape index (κ2) is 8.60. The van der Waals surface area contributed by atoms with Crippen LogP contribution < -0.4 is 15.6 Å². The van der Waals surface area contributed by atoms with Crippen molar-refractivity contribution in [1.29, 1.82) is 0 Å². The number of ether oxygens (including phenoxy) is 1. The van der Waals surface area contributed by atoms with Gasteiger partial charge in [0.1, 0.15) is 12.3 Å². The van der Waals surface area contributed by atoms with E-state index < -0.39 is 12.5 Å². The summed E-state index contributed by atoms with van der Waals surface area (Å²) < 4.78 is 30.9. The maximum Gasteiger partial charge on any atom is 0.387 e. The fourth-order valence-corrected chi connectivity index (χ4v) is 3.87. The molecule has 0 bridgehead atoms. The molecule has 0 radical (unpaired) electrons. The summed E-state index contributed by atoms with van der Waals surface area (Å²) >= 11 is 1.13. The Labute approximate surface area is 178 Å². The zero-order valence-corrected chi connectivity index (χ0v) is 17.0. The molecule has 0 saturated carbocycles. The third-order valence-corrected chi connectivity index (χ3v) is 5.23. The molecule has 0 unspecified atom stereocenters. The number of thiazole rings is 1. The monoisotopic (exact) mass is 442 g/mol. The summed E-state index contributed by atoms with van der Waals surface area (Å²) in [4.78, 5) is 29.4. The smallest absolute Gasteiger partial charge is 0.387 e. The molecule has 10 heteroatoms. The van der Waals surface area contributed by atoms with E-state index in [1.165, 1.54) is 6.07 Å². The molecule has 4 aromatic rings. The molecule has 158 valence electrons. The summed E-state index contributed by atoms with van der Waals surface area (Å²) in [5.41, 5.74) is 1.03. The van der Waals surface area contributed by atoms with E-state index in [1.54, 1.807) is 48.7 Å². The number of halogens is 2. The van der Waals surface area contributed by atoms with Gasteiger partial charge >= 0.3 is 6.61 Å². The third kappa shape index (κ3) is 4.43. The van der Waals surface area contributed by atoms with Crippen molar-refractivity contribution in [3.05, 3.63) is 70.0 Å². The number of hydrogen-bond acceptors (Lipinski definition) is 6. The Hall–Kier alpha value is -3.66. The maximum atomic E-state index is 12.6. The van der Waals surface area contributed by atoms with Gasteiger partial charge in [-0.1, -0.05) is 30.3 Å². The Balaban J connectivity index is 1.53. The molecule has 0 atom stereocenters. The minimum atomic E-state index is -2.96. The molecule has 2 aromatic heterocycles. The normalized spacial score (nSPS) is 11.1. The molecule has 7 nitrogen and oxygen atoms in total. The number of anilines is 1. The highest BCUT2D eigenvalue weighted by atomic mass is 32.1. The standard InChI is InChI=1S/C21H16F2N4O3S/c1-12-13-6-2-3-7-14(13)19(29)27(26-12)10-18(28)25-21-24-16(11-31-21)15-8-4-5-9-17(15)30-20(22)23/h2-9,11,20H,10H2,1H3,(H,24,25,28). The summed E-state index contributed by atoms with van der Waals surface area (Å²) in [5.74, 6) is -0.495. The van der Waals surface area contributed by atoms with Gasteiger partial charge in [-0.05, 0) is 25.1 Å². The van der Waals surface area contributed by atoms with E-state index in [2.05, 4.69) is 20.1 Å². The number of aryl methyl sites for hydroxylation is 1. The van der Waals surface area contributed by atoms with E-state index in [9.17, 15) is 18.4 Å². The Bertz CT molecular complexity index is 1320. The highest BCUT2D eigenvalue weighted by molar-refractivity contribution is 7.14. The van der Waals surface area contributed by atoms with Crippen LogP contribution in [-0.4, -0.2) is 27.3 Å². The summed E-state index contributed by atoms with van der Waals surface area (Å²) in [6, 6.07) is 13.3. The van der Waals surface area contributed by atoms with Crippen LogP contribution in [0, 0.1) is 6.92 Å². The van der Waals surface area contributed by atoms with Gasteiger partial charge in [-0.15, -0.1) is 11.3 Å². The van der Waals surface area contributed by atoms with Crippen molar-refractivity contribution in [1.82, 2.24) is 14.8 Å². The van der Waals surface area contributed by atoms with Crippen molar-refractivity contribution in [3.63, 3.8) is 0 Å². The average Bonchev–Trinajstić information content (AvgIpc) is 3.20. The molecule has 0 aliphatic rings. The molecule has 4 rings (SSSR count). The molecule has 1 N–H and O–H groups in total. The van der Waals surface area contributed by atoms with Crippen LogP contribution in [0.1, 0.15) is 5.69 Å². The first kappa shape index (κ1) is 20.6. The zero-order chi connectivity index (χ0) is 22.0. The van der Waals surface area contributed by atoms with Gasteiger partial charge in [0, 0.05) is 16.3 Å². The molecule has 0 aliphatic carbocycles. The minimum Gasteiger partial charge on any atom is -0.434 e. The number of nitrogens with one attached hydrogen (secondary N) is 1. The van der Waals surface area contributed by atoms with Crippen LogP contribution >= 0.6 is 11.3 Å². The molecule has 0 aliphatic heterocycles. The number of rotatable bonds is 6. The first-order valence-electron chi connectivity index (χ1n) is 9.18. The lowest BCUT2D eigenvalue weighted by Gasteiger charge is -2.09. The van der Waals surface area contributed by atoms with Crippen LogP contribution in [0.3, 0.4) is 0 Å². The average molecular weight is 442 g/mol. The summed E-state index contributed by atoms with van der Waals surface area (Å²) in [7, 11) is 0. The number of para-hydroxylation sites is 1. The van der Waals surface area contributed by atoms with Crippen LogP contribution in [0.15, 0.2) is 58.7 Å². The van der Waals surface area contributed by atoms with Crippen molar-refractivity contribution in [3.8, 4) is 17.0 Å². The Kier molecular flexibility index (Phi) is 5.72. The van der Waals surface area contributed by atoms with Gasteiger partial charge in [-0.2, -0.15) is 13.9 Å². The molecular weight excluding hydrogens is 426 g/mol. The Morgan fingerprint density at radius 2 is 1.87 bits per heavy atom. The van der Waals surface area contributed by atoms with E-state index >= 15 is 0 Å². The molecule has 1 amide bonds. The number of alkyl halides is 2. The van der Waals surface area contributed by atoms with Gasteiger partial charge in [0.25, 0.3) is 5.56 Å². The fraction of sp³-hybridized carbons (Fsp3) is 0.143. The zero-order valence-electron chi connectivity index (χ0n) is 16.2. The second-order valence-electron chi connectivity index (χ2n) is 6.55. The van der Waals surface area contributed by atoms with Gasteiger partial charge in [-0.3, -0.25) is 9.59 Å². The van der Waals surface area contributed by atoms with Gasteiger partial charge in [0.2, 0.25) is 5.91 Å². The predicted octanol–water partition coefficient (Wildman–Crippen LogP) is 4.07.